The van der Waals surface area contributed by atoms with Crippen molar-refractivity contribution in [3.63, 3.8) is 0 Å². The number of hydrogen-bond donors (Lipinski definition) is 0. The van der Waals surface area contributed by atoms with E-state index in [0.717, 1.165) is 111 Å². The van der Waals surface area contributed by atoms with E-state index in [4.69, 9.17) is 4.85 Å². The molecule has 91 heavy (non-hydrogen) atoms. The third kappa shape index (κ3) is 8.08. The molecule has 2 aliphatic carbocycles. The summed E-state index contributed by atoms with van der Waals surface area (Å²) in [5, 5.41) is 17.3. The van der Waals surface area contributed by atoms with Gasteiger partial charge in [-0.05, 0) is 153 Å². The van der Waals surface area contributed by atoms with Gasteiger partial charge in [0.2, 0.25) is 5.69 Å². The normalized spacial score (nSPS) is 14.4. The zero-order chi connectivity index (χ0) is 63.3. The Labute approximate surface area is 535 Å². The van der Waals surface area contributed by atoms with Crippen LogP contribution in [0.2, 0.25) is 0 Å². The van der Waals surface area contributed by atoms with Crippen molar-refractivity contribution in [3.05, 3.63) is 292 Å². The summed E-state index contributed by atoms with van der Waals surface area (Å²) in [6.45, 7) is 38.1. The molecule has 1 spiro atoms. The minimum atomic E-state index is -0.833. The van der Waals surface area contributed by atoms with Gasteiger partial charge >= 0.3 is 0 Å². The molecule has 15 rings (SSSR count). The van der Waals surface area contributed by atoms with Crippen LogP contribution in [0.25, 0.3) is 71.0 Å². The highest BCUT2D eigenvalue weighted by Gasteiger charge is 2.69. The predicted octanol–water partition coefficient (Wildman–Crippen LogP) is 23.0. The molecule has 0 fully saturated rings. The van der Waals surface area contributed by atoms with E-state index >= 15 is 0 Å². The van der Waals surface area contributed by atoms with Crippen LogP contribution in [0.4, 0.5) is 39.8 Å². The van der Waals surface area contributed by atoms with Crippen molar-refractivity contribution >= 4 is 83.4 Å². The summed E-state index contributed by atoms with van der Waals surface area (Å²) in [6, 6.07) is 86.8. The highest BCUT2D eigenvalue weighted by molar-refractivity contribution is 6.13. The molecule has 444 valence electrons. The van der Waals surface area contributed by atoms with Crippen LogP contribution in [-0.4, -0.2) is 9.13 Å². The second kappa shape index (κ2) is 20.3. The summed E-state index contributed by atoms with van der Waals surface area (Å²) in [6.07, 6.45) is 0. The van der Waals surface area contributed by atoms with Gasteiger partial charge in [-0.15, -0.1) is 0 Å². The van der Waals surface area contributed by atoms with Crippen molar-refractivity contribution in [1.82, 2.24) is 9.13 Å². The van der Waals surface area contributed by atoms with Crippen molar-refractivity contribution in [1.29, 1.82) is 5.26 Å². The van der Waals surface area contributed by atoms with Gasteiger partial charge in [0.15, 0.2) is 0 Å². The van der Waals surface area contributed by atoms with Crippen LogP contribution < -0.4 is 9.80 Å². The van der Waals surface area contributed by atoms with Crippen LogP contribution in [0.5, 0.6) is 0 Å². The summed E-state index contributed by atoms with van der Waals surface area (Å²) in [7, 11) is 0. The van der Waals surface area contributed by atoms with Crippen molar-refractivity contribution in [2.45, 2.75) is 110 Å². The van der Waals surface area contributed by atoms with Crippen LogP contribution >= 0.6 is 0 Å². The van der Waals surface area contributed by atoms with E-state index in [1.165, 1.54) is 33.4 Å². The quantitative estimate of drug-likeness (QED) is 0.142. The Balaban J connectivity index is 1.15. The standard InChI is InChI=1S/C85H74N6/c1-53-28-20-24-36-70(53)90(59-42-46-65-63-34-22-26-38-72(63)88(74(65)50-59)57-30-16-14-17-31-57)79-67(52-86)78(87-13)80(91(71-37-25-21-29-54(71)2)60-43-47-66-64-35-23-27-39-73(64)89(75(66)51-60)58-32-18-15-19-33-58)77-76(79)83(9,10)85(84(77,11)12)68-48-55(81(3,4)5)40-44-61(68)62-45-41-56(49-69(62)85)82(6,7)8/h14-51H,1-12H3. The maximum atomic E-state index is 12.8. The molecule has 0 aliphatic heterocycles. The fraction of sp³-hybridized carbons (Fsp3) is 0.200. The van der Waals surface area contributed by atoms with Crippen LogP contribution in [0.1, 0.15) is 119 Å². The number of fused-ring (bicyclic) bond motifs is 12. The first-order valence-corrected chi connectivity index (χ1v) is 31.9. The molecule has 13 aromatic rings. The monoisotopic (exact) mass is 1180 g/mol. The van der Waals surface area contributed by atoms with E-state index in [9.17, 15) is 11.8 Å². The molecule has 6 heteroatoms. The molecule has 2 heterocycles. The first-order chi connectivity index (χ1) is 43.7. The maximum absolute atomic E-state index is 12.8. The first-order valence-electron chi connectivity index (χ1n) is 31.9. The van der Waals surface area contributed by atoms with Crippen molar-refractivity contribution in [3.8, 4) is 28.6 Å². The van der Waals surface area contributed by atoms with Crippen molar-refractivity contribution in [2.24, 2.45) is 0 Å². The zero-order valence-electron chi connectivity index (χ0n) is 54.1. The number of hydrogen-bond acceptors (Lipinski definition) is 3. The number of aromatic nitrogens is 2. The summed E-state index contributed by atoms with van der Waals surface area (Å²) in [4.78, 5) is 9.56. The molecule has 0 amide bonds. The Morgan fingerprint density at radius 2 is 0.813 bits per heavy atom. The Morgan fingerprint density at radius 1 is 0.429 bits per heavy atom. The van der Waals surface area contributed by atoms with Crippen LogP contribution in [0, 0.1) is 31.8 Å². The van der Waals surface area contributed by atoms with E-state index < -0.39 is 16.2 Å². The maximum Gasteiger partial charge on any atom is 0.230 e. The van der Waals surface area contributed by atoms with Crippen molar-refractivity contribution < 1.29 is 0 Å². The number of rotatable bonds is 8. The number of nitrogens with zero attached hydrogens (tertiary/aromatic N) is 6. The van der Waals surface area contributed by atoms with Gasteiger partial charge in [-0.2, -0.15) is 5.26 Å². The van der Waals surface area contributed by atoms with Gasteiger partial charge in [0.1, 0.15) is 0 Å². The molecule has 0 N–H and O–H groups in total. The minimum Gasteiger partial charge on any atom is -0.320 e. The van der Waals surface area contributed by atoms with E-state index in [0.29, 0.717) is 11.3 Å². The molecule has 0 saturated carbocycles. The van der Waals surface area contributed by atoms with Gasteiger partial charge in [0, 0.05) is 71.9 Å². The lowest BCUT2D eigenvalue weighted by Gasteiger charge is -2.50. The SMILES string of the molecule is [C-]#[N+]c1c(C#N)c(N(c2ccc3c4ccccc4n(-c4ccccc4)c3c2)c2ccccc2C)c2c(c1N(c1ccc3c4ccccc4n(-c4ccccc4)c3c1)c1ccccc1C)C(C)(C)C1(c3cc(C(C)(C)C)ccc3-c3ccc(C(C)(C)C)cc31)C2(C)C. The highest BCUT2D eigenvalue weighted by atomic mass is 15.2. The van der Waals surface area contributed by atoms with Crippen LogP contribution in [0.3, 0.4) is 0 Å². The number of benzene rings is 11. The molecule has 0 unspecified atom stereocenters. The Kier molecular flexibility index (Phi) is 12.7. The van der Waals surface area contributed by atoms with Gasteiger partial charge < -0.3 is 18.9 Å². The van der Waals surface area contributed by atoms with Gasteiger partial charge in [0.25, 0.3) is 0 Å². The molecule has 2 aromatic heterocycles. The number of anilines is 6. The van der Waals surface area contributed by atoms with Crippen molar-refractivity contribution in [2.75, 3.05) is 9.80 Å². The smallest absolute Gasteiger partial charge is 0.230 e. The number of nitriles is 1. The Hall–Kier alpha value is -10.4. The highest BCUT2D eigenvalue weighted by Crippen LogP contribution is 2.75. The van der Waals surface area contributed by atoms with Gasteiger partial charge in [-0.1, -0.05) is 227 Å². The molecule has 0 radical (unpaired) electrons. The van der Waals surface area contributed by atoms with Gasteiger partial charge in [-0.3, -0.25) is 0 Å². The molecule has 0 saturated heterocycles. The molecular formula is C85H74N6. The fourth-order valence-corrected chi connectivity index (χ4v) is 16.7. The predicted molar refractivity (Wildman–Crippen MR) is 381 cm³/mol. The summed E-state index contributed by atoms with van der Waals surface area (Å²) < 4.78 is 4.74. The Bertz CT molecular complexity index is 4930. The molecule has 0 bridgehead atoms. The number of aryl methyl sites for hydroxylation is 2. The lowest BCUT2D eigenvalue weighted by molar-refractivity contribution is 0.231. The molecular weight excluding hydrogens is 1100 g/mol. The second-order valence-electron chi connectivity index (χ2n) is 28.4. The lowest BCUT2D eigenvalue weighted by Crippen LogP contribution is -2.51. The van der Waals surface area contributed by atoms with Gasteiger partial charge in [0.05, 0.1) is 51.6 Å². The van der Waals surface area contributed by atoms with Gasteiger partial charge in [-0.25, -0.2) is 4.85 Å². The van der Waals surface area contributed by atoms with Crippen LogP contribution in [0.15, 0.2) is 231 Å². The average molecular weight is 1180 g/mol. The van der Waals surface area contributed by atoms with E-state index in [1.54, 1.807) is 0 Å². The second-order valence-corrected chi connectivity index (χ2v) is 28.4. The number of para-hydroxylation sites is 6. The van der Waals surface area contributed by atoms with E-state index in [1.807, 2.05) is 0 Å². The zero-order valence-corrected chi connectivity index (χ0v) is 54.1. The molecule has 2 aliphatic rings. The van der Waals surface area contributed by atoms with E-state index in [-0.39, 0.29) is 10.8 Å². The molecule has 0 atom stereocenters. The third-order valence-corrected chi connectivity index (χ3v) is 20.7. The van der Waals surface area contributed by atoms with Crippen LogP contribution in [-0.2, 0) is 27.1 Å². The summed E-state index contributed by atoms with van der Waals surface area (Å²) in [5.74, 6) is 0. The fourth-order valence-electron chi connectivity index (χ4n) is 16.7. The first kappa shape index (κ1) is 57.1. The average Bonchev–Trinajstić information content (AvgIpc) is 1.47. The summed E-state index contributed by atoms with van der Waals surface area (Å²) >= 11 is 0. The molecule has 11 aromatic carbocycles. The largest absolute Gasteiger partial charge is 0.320 e. The Morgan fingerprint density at radius 3 is 1.23 bits per heavy atom. The minimum absolute atomic E-state index is 0.187. The van der Waals surface area contributed by atoms with E-state index in [2.05, 4.69) is 339 Å². The lowest BCUT2D eigenvalue weighted by atomic mass is 9.52. The third-order valence-electron chi connectivity index (χ3n) is 20.7. The summed E-state index contributed by atoms with van der Waals surface area (Å²) in [5.41, 5.74) is 20.8. The topological polar surface area (TPSA) is 44.5 Å². The molecule has 6 nitrogen and oxygen atoms in total.